The smallest absolute Gasteiger partial charge is 0.410 e. The van der Waals surface area contributed by atoms with Crippen LogP contribution in [0.15, 0.2) is 18.3 Å². The van der Waals surface area contributed by atoms with Crippen molar-refractivity contribution in [3.05, 3.63) is 23.5 Å². The van der Waals surface area contributed by atoms with Gasteiger partial charge in [-0.3, -0.25) is 0 Å². The number of likely N-dealkylation sites (tertiary alicyclic amines) is 1. The highest BCUT2D eigenvalue weighted by Crippen LogP contribution is 2.21. The van der Waals surface area contributed by atoms with E-state index in [-0.39, 0.29) is 6.09 Å². The second-order valence-electron chi connectivity index (χ2n) is 6.56. The molecule has 122 valence electrons. The molecule has 1 saturated heterocycles. The largest absolute Gasteiger partial charge is 0.492 e. The van der Waals surface area contributed by atoms with Gasteiger partial charge in [-0.1, -0.05) is 11.6 Å². The molecule has 5 nitrogen and oxygen atoms in total. The van der Waals surface area contributed by atoms with E-state index in [0.29, 0.717) is 30.0 Å². The summed E-state index contributed by atoms with van der Waals surface area (Å²) in [5, 5.41) is 0.445. The van der Waals surface area contributed by atoms with Gasteiger partial charge in [0.05, 0.1) is 12.8 Å². The maximum absolute atomic E-state index is 12.1. The van der Waals surface area contributed by atoms with Crippen LogP contribution in [-0.4, -0.2) is 41.3 Å². The zero-order valence-electron chi connectivity index (χ0n) is 13.3. The topological polar surface area (TPSA) is 51.7 Å². The number of halogens is 1. The van der Waals surface area contributed by atoms with Crippen molar-refractivity contribution in [1.82, 2.24) is 9.88 Å². The number of piperidine rings is 1. The van der Waals surface area contributed by atoms with Gasteiger partial charge in [-0.2, -0.15) is 0 Å². The molecular weight excluding hydrogens is 304 g/mol. The molecular formula is C16H23ClN2O3. The number of rotatable bonds is 3. The van der Waals surface area contributed by atoms with Crippen LogP contribution in [0, 0.1) is 5.92 Å². The molecule has 0 radical (unpaired) electrons. The van der Waals surface area contributed by atoms with E-state index in [0.717, 1.165) is 19.4 Å². The lowest BCUT2D eigenvalue weighted by Gasteiger charge is -2.34. The predicted molar refractivity (Wildman–Crippen MR) is 85.3 cm³/mol. The minimum atomic E-state index is -0.463. The molecule has 1 aliphatic rings. The van der Waals surface area contributed by atoms with Crippen LogP contribution >= 0.6 is 11.6 Å². The van der Waals surface area contributed by atoms with Gasteiger partial charge in [0, 0.05) is 19.0 Å². The Morgan fingerprint density at radius 2 is 2.23 bits per heavy atom. The van der Waals surface area contributed by atoms with Crippen LogP contribution in [0.3, 0.4) is 0 Å². The highest BCUT2D eigenvalue weighted by molar-refractivity contribution is 6.29. The fourth-order valence-electron chi connectivity index (χ4n) is 2.36. The van der Waals surface area contributed by atoms with E-state index in [4.69, 9.17) is 21.1 Å². The zero-order chi connectivity index (χ0) is 16.2. The molecule has 6 heteroatoms. The minimum absolute atomic E-state index is 0.245. The third kappa shape index (κ3) is 5.37. The van der Waals surface area contributed by atoms with Crippen LogP contribution < -0.4 is 4.74 Å². The van der Waals surface area contributed by atoms with Crippen molar-refractivity contribution in [2.75, 3.05) is 19.7 Å². The van der Waals surface area contributed by atoms with E-state index in [2.05, 4.69) is 4.98 Å². The number of hydrogen-bond acceptors (Lipinski definition) is 4. The van der Waals surface area contributed by atoms with Crippen LogP contribution in [0.5, 0.6) is 5.75 Å². The van der Waals surface area contributed by atoms with Crippen molar-refractivity contribution >= 4 is 17.7 Å². The Hall–Kier alpha value is -1.49. The number of pyridine rings is 1. The fourth-order valence-corrected chi connectivity index (χ4v) is 2.47. The summed E-state index contributed by atoms with van der Waals surface area (Å²) in [7, 11) is 0. The average molecular weight is 327 g/mol. The number of carbonyl (C=O) groups excluding carboxylic acids is 1. The Morgan fingerprint density at radius 1 is 1.45 bits per heavy atom. The molecule has 0 saturated carbocycles. The number of nitrogens with zero attached hydrogens (tertiary/aromatic N) is 2. The van der Waals surface area contributed by atoms with Gasteiger partial charge < -0.3 is 14.4 Å². The first-order valence-electron chi connectivity index (χ1n) is 7.56. The summed E-state index contributed by atoms with van der Waals surface area (Å²) in [6.45, 7) is 7.60. The second-order valence-corrected chi connectivity index (χ2v) is 6.95. The van der Waals surface area contributed by atoms with E-state index in [1.807, 2.05) is 20.8 Å². The van der Waals surface area contributed by atoms with Crippen molar-refractivity contribution in [2.24, 2.45) is 5.92 Å². The van der Waals surface area contributed by atoms with Crippen LogP contribution in [0.1, 0.15) is 33.6 Å². The lowest BCUT2D eigenvalue weighted by molar-refractivity contribution is 0.0139. The lowest BCUT2D eigenvalue weighted by atomic mass is 9.99. The van der Waals surface area contributed by atoms with E-state index in [9.17, 15) is 4.79 Å². The molecule has 2 rings (SSSR count). The van der Waals surface area contributed by atoms with Crippen molar-refractivity contribution < 1.29 is 14.3 Å². The number of amides is 1. The number of aromatic nitrogens is 1. The molecule has 1 unspecified atom stereocenters. The molecule has 0 N–H and O–H groups in total. The molecule has 1 aromatic heterocycles. The van der Waals surface area contributed by atoms with Crippen LogP contribution in [0.4, 0.5) is 4.79 Å². The molecule has 22 heavy (non-hydrogen) atoms. The predicted octanol–water partition coefficient (Wildman–Crippen LogP) is 3.76. The highest BCUT2D eigenvalue weighted by Gasteiger charge is 2.27. The summed E-state index contributed by atoms with van der Waals surface area (Å²) in [6.07, 6.45) is 3.37. The van der Waals surface area contributed by atoms with Crippen molar-refractivity contribution in [2.45, 2.75) is 39.2 Å². The van der Waals surface area contributed by atoms with Gasteiger partial charge in [0.1, 0.15) is 16.5 Å². The zero-order valence-corrected chi connectivity index (χ0v) is 14.1. The molecule has 1 fully saturated rings. The maximum Gasteiger partial charge on any atom is 0.410 e. The SMILES string of the molecule is CC(C)(C)OC(=O)N1CCCC(COc2ccc(Cl)nc2)C1. The average Bonchev–Trinajstić information content (AvgIpc) is 2.45. The first-order valence-corrected chi connectivity index (χ1v) is 7.93. The quantitative estimate of drug-likeness (QED) is 0.794. The van der Waals surface area contributed by atoms with Crippen LogP contribution in [0.2, 0.25) is 5.15 Å². The number of hydrogen-bond donors (Lipinski definition) is 0. The first-order chi connectivity index (χ1) is 10.3. The van der Waals surface area contributed by atoms with Gasteiger partial charge >= 0.3 is 6.09 Å². The lowest BCUT2D eigenvalue weighted by Crippen LogP contribution is -2.44. The van der Waals surface area contributed by atoms with Gasteiger partial charge in [0.15, 0.2) is 0 Å². The molecule has 0 spiro atoms. The summed E-state index contributed by atoms with van der Waals surface area (Å²) in [5.41, 5.74) is -0.463. The van der Waals surface area contributed by atoms with Gasteiger partial charge in [0.25, 0.3) is 0 Å². The summed E-state index contributed by atoms with van der Waals surface area (Å²) in [4.78, 5) is 17.9. The summed E-state index contributed by atoms with van der Waals surface area (Å²) in [5.74, 6) is 0.996. The van der Waals surface area contributed by atoms with E-state index in [1.54, 1.807) is 23.2 Å². The van der Waals surface area contributed by atoms with Crippen LogP contribution in [0.25, 0.3) is 0 Å². The van der Waals surface area contributed by atoms with Gasteiger partial charge in [-0.15, -0.1) is 0 Å². The monoisotopic (exact) mass is 326 g/mol. The first kappa shape index (κ1) is 16.9. The van der Waals surface area contributed by atoms with Gasteiger partial charge in [-0.25, -0.2) is 9.78 Å². The molecule has 1 atom stereocenters. The highest BCUT2D eigenvalue weighted by atomic mass is 35.5. The Bertz CT molecular complexity index is 499. The summed E-state index contributed by atoms with van der Waals surface area (Å²) >= 11 is 5.74. The van der Waals surface area contributed by atoms with E-state index < -0.39 is 5.60 Å². The van der Waals surface area contributed by atoms with E-state index in [1.165, 1.54) is 0 Å². The minimum Gasteiger partial charge on any atom is -0.492 e. The maximum atomic E-state index is 12.1. The third-order valence-electron chi connectivity index (χ3n) is 3.36. The summed E-state index contributed by atoms with van der Waals surface area (Å²) < 4.78 is 11.2. The molecule has 1 amide bonds. The van der Waals surface area contributed by atoms with Crippen molar-refractivity contribution in [3.63, 3.8) is 0 Å². The van der Waals surface area contributed by atoms with Crippen molar-refractivity contribution in [3.8, 4) is 5.75 Å². The Labute approximate surface area is 136 Å². The van der Waals surface area contributed by atoms with Crippen LogP contribution in [-0.2, 0) is 4.74 Å². The number of carbonyl (C=O) groups is 1. The molecule has 0 bridgehead atoms. The molecule has 1 aliphatic heterocycles. The summed E-state index contributed by atoms with van der Waals surface area (Å²) in [6, 6.07) is 3.49. The Balaban J connectivity index is 1.82. The Morgan fingerprint density at radius 3 is 2.86 bits per heavy atom. The third-order valence-corrected chi connectivity index (χ3v) is 3.58. The van der Waals surface area contributed by atoms with Gasteiger partial charge in [-0.05, 0) is 45.7 Å². The van der Waals surface area contributed by atoms with Crippen molar-refractivity contribution in [1.29, 1.82) is 0 Å². The van der Waals surface area contributed by atoms with Gasteiger partial charge in [0.2, 0.25) is 0 Å². The Kier molecular flexibility index (Phi) is 5.51. The normalized spacial score (nSPS) is 18.9. The molecule has 2 heterocycles. The molecule has 0 aromatic carbocycles. The standard InChI is InChI=1S/C16H23ClN2O3/c1-16(2,3)22-15(20)19-8-4-5-12(10-19)11-21-13-6-7-14(17)18-9-13/h6-7,9,12H,4-5,8,10-11H2,1-3H3. The number of ether oxygens (including phenoxy) is 2. The molecule has 0 aliphatic carbocycles. The second kappa shape index (κ2) is 7.18. The molecule has 1 aromatic rings. The van der Waals surface area contributed by atoms with E-state index >= 15 is 0 Å². The fraction of sp³-hybridized carbons (Fsp3) is 0.625.